The molecule has 0 spiro atoms. The standard InChI is InChI=1S/C14H14N2O2S/c17-9-12-11(15-7-8-16-12)5-6-13(18)10-3-1-2-4-14(10)19/h1-3,7-8,17H,4-6,9H2. The number of ketones is 1. The van der Waals surface area contributed by atoms with E-state index in [1.165, 1.54) is 6.20 Å². The minimum absolute atomic E-state index is 0.0175. The highest BCUT2D eigenvalue weighted by Gasteiger charge is 2.16. The summed E-state index contributed by atoms with van der Waals surface area (Å²) >= 11 is 5.17. The molecule has 0 bridgehead atoms. The second-order valence-corrected chi connectivity index (χ2v) is 4.66. The monoisotopic (exact) mass is 274 g/mol. The van der Waals surface area contributed by atoms with E-state index in [0.29, 0.717) is 41.1 Å². The molecule has 0 aromatic carbocycles. The summed E-state index contributed by atoms with van der Waals surface area (Å²) in [7, 11) is 0. The predicted octanol–water partition coefficient (Wildman–Crippen LogP) is 1.73. The maximum atomic E-state index is 12.1. The van der Waals surface area contributed by atoms with Gasteiger partial charge in [0.25, 0.3) is 0 Å². The van der Waals surface area contributed by atoms with Crippen LogP contribution in [-0.4, -0.2) is 25.7 Å². The van der Waals surface area contributed by atoms with Crippen molar-refractivity contribution >= 4 is 22.9 Å². The molecule has 0 atom stereocenters. The number of Topliss-reactive ketones (excluding diaryl/α,β-unsaturated/α-hetero) is 1. The van der Waals surface area contributed by atoms with E-state index < -0.39 is 0 Å². The van der Waals surface area contributed by atoms with Gasteiger partial charge in [-0.1, -0.05) is 30.4 Å². The SMILES string of the molecule is O=C(CCc1nccnc1CO)C1=CC=CCC1=S. The summed E-state index contributed by atoms with van der Waals surface area (Å²) < 4.78 is 0. The van der Waals surface area contributed by atoms with Gasteiger partial charge in [0.05, 0.1) is 18.0 Å². The summed E-state index contributed by atoms with van der Waals surface area (Å²) in [5.74, 6) is 0.0175. The number of aryl methyl sites for hydroxylation is 1. The Morgan fingerprint density at radius 3 is 2.74 bits per heavy atom. The molecule has 0 radical (unpaired) electrons. The van der Waals surface area contributed by atoms with Crippen molar-refractivity contribution in [2.45, 2.75) is 25.9 Å². The minimum Gasteiger partial charge on any atom is -0.390 e. The van der Waals surface area contributed by atoms with Crippen molar-refractivity contribution in [3.63, 3.8) is 0 Å². The number of aliphatic hydroxyl groups is 1. The van der Waals surface area contributed by atoms with Crippen LogP contribution in [0.4, 0.5) is 0 Å². The molecule has 1 aromatic rings. The largest absolute Gasteiger partial charge is 0.390 e. The molecule has 1 aliphatic carbocycles. The zero-order valence-electron chi connectivity index (χ0n) is 10.4. The first-order chi connectivity index (χ1) is 9.22. The van der Waals surface area contributed by atoms with Crippen LogP contribution >= 0.6 is 12.2 Å². The summed E-state index contributed by atoms with van der Waals surface area (Å²) in [5.41, 5.74) is 1.80. The van der Waals surface area contributed by atoms with Crippen molar-refractivity contribution in [1.29, 1.82) is 0 Å². The third kappa shape index (κ3) is 3.39. The molecule has 0 unspecified atom stereocenters. The molecule has 1 aliphatic rings. The topological polar surface area (TPSA) is 63.1 Å². The predicted molar refractivity (Wildman–Crippen MR) is 75.7 cm³/mol. The summed E-state index contributed by atoms with van der Waals surface area (Å²) in [4.78, 5) is 20.9. The van der Waals surface area contributed by atoms with Crippen LogP contribution in [-0.2, 0) is 17.8 Å². The molecule has 0 aliphatic heterocycles. The molecule has 4 nitrogen and oxygen atoms in total. The average molecular weight is 274 g/mol. The maximum absolute atomic E-state index is 12.1. The third-order valence-electron chi connectivity index (χ3n) is 2.90. The van der Waals surface area contributed by atoms with Gasteiger partial charge in [-0.25, -0.2) is 0 Å². The van der Waals surface area contributed by atoms with Gasteiger partial charge in [-0.2, -0.15) is 0 Å². The molecular weight excluding hydrogens is 260 g/mol. The van der Waals surface area contributed by atoms with E-state index in [4.69, 9.17) is 17.3 Å². The number of aromatic nitrogens is 2. The van der Waals surface area contributed by atoms with Crippen molar-refractivity contribution in [3.05, 3.63) is 47.6 Å². The average Bonchev–Trinajstić information content (AvgIpc) is 2.45. The van der Waals surface area contributed by atoms with Crippen LogP contribution in [0.1, 0.15) is 24.2 Å². The summed E-state index contributed by atoms with van der Waals surface area (Å²) in [5, 5.41) is 9.15. The molecule has 5 heteroatoms. The van der Waals surface area contributed by atoms with Gasteiger partial charge in [-0.15, -0.1) is 0 Å². The maximum Gasteiger partial charge on any atom is 0.164 e. The number of nitrogens with zero attached hydrogens (tertiary/aromatic N) is 2. The fourth-order valence-corrected chi connectivity index (χ4v) is 2.17. The third-order valence-corrected chi connectivity index (χ3v) is 3.29. The first-order valence-electron chi connectivity index (χ1n) is 6.05. The Labute approximate surface area is 116 Å². The number of carbonyl (C=O) groups is 1. The Hall–Kier alpha value is -1.72. The van der Waals surface area contributed by atoms with Crippen LogP contribution < -0.4 is 0 Å². The number of hydrogen-bond acceptors (Lipinski definition) is 5. The highest BCUT2D eigenvalue weighted by Crippen LogP contribution is 2.14. The van der Waals surface area contributed by atoms with Gasteiger partial charge in [0.2, 0.25) is 0 Å². The Bertz CT molecular complexity index is 564. The van der Waals surface area contributed by atoms with Crippen LogP contribution in [0.3, 0.4) is 0 Å². The second kappa shape index (κ2) is 6.45. The lowest BCUT2D eigenvalue weighted by Crippen LogP contribution is -2.14. The van der Waals surface area contributed by atoms with Crippen molar-refractivity contribution < 1.29 is 9.90 Å². The molecule has 1 N–H and O–H groups in total. The van der Waals surface area contributed by atoms with Gasteiger partial charge >= 0.3 is 0 Å². The zero-order chi connectivity index (χ0) is 13.7. The summed E-state index contributed by atoms with van der Waals surface area (Å²) in [6, 6.07) is 0. The normalized spacial score (nSPS) is 14.4. The minimum atomic E-state index is -0.165. The van der Waals surface area contributed by atoms with Crippen molar-refractivity contribution in [2.24, 2.45) is 0 Å². The molecule has 0 amide bonds. The van der Waals surface area contributed by atoms with Crippen LogP contribution in [0.5, 0.6) is 0 Å². The van der Waals surface area contributed by atoms with E-state index >= 15 is 0 Å². The fraction of sp³-hybridized carbons (Fsp3) is 0.286. The highest BCUT2D eigenvalue weighted by atomic mass is 32.1. The van der Waals surface area contributed by atoms with Crippen molar-refractivity contribution in [1.82, 2.24) is 9.97 Å². The van der Waals surface area contributed by atoms with Gasteiger partial charge in [-0.05, 0) is 6.42 Å². The number of carbonyl (C=O) groups excluding carboxylic acids is 1. The fourth-order valence-electron chi connectivity index (χ4n) is 1.89. The van der Waals surface area contributed by atoms with Gasteiger partial charge in [0, 0.05) is 35.7 Å². The summed E-state index contributed by atoms with van der Waals surface area (Å²) in [6.07, 6.45) is 10.1. The Kier molecular flexibility index (Phi) is 4.65. The Balaban J connectivity index is 2.02. The summed E-state index contributed by atoms with van der Waals surface area (Å²) in [6.45, 7) is -0.165. The molecular formula is C14H14N2O2S. The number of thiocarbonyl (C=S) groups is 1. The zero-order valence-corrected chi connectivity index (χ0v) is 11.2. The second-order valence-electron chi connectivity index (χ2n) is 4.17. The van der Waals surface area contributed by atoms with Gasteiger partial charge in [-0.3, -0.25) is 14.8 Å². The lowest BCUT2D eigenvalue weighted by Gasteiger charge is -2.10. The van der Waals surface area contributed by atoms with Crippen LogP contribution in [0.2, 0.25) is 0 Å². The molecule has 2 rings (SSSR count). The molecule has 19 heavy (non-hydrogen) atoms. The molecule has 1 heterocycles. The van der Waals surface area contributed by atoms with E-state index in [-0.39, 0.29) is 12.4 Å². The lowest BCUT2D eigenvalue weighted by molar-refractivity contribution is -0.115. The molecule has 0 saturated carbocycles. The van der Waals surface area contributed by atoms with Crippen molar-refractivity contribution in [3.8, 4) is 0 Å². The van der Waals surface area contributed by atoms with Gasteiger partial charge < -0.3 is 5.11 Å². The number of hydrogen-bond donors (Lipinski definition) is 1. The van der Waals surface area contributed by atoms with Crippen LogP contribution in [0.15, 0.2) is 36.2 Å². The quantitative estimate of drug-likeness (QED) is 0.828. The molecule has 0 saturated heterocycles. The van der Waals surface area contributed by atoms with Gasteiger partial charge in [0.15, 0.2) is 5.78 Å². The first kappa shape index (κ1) is 13.7. The molecule has 1 aromatic heterocycles. The smallest absolute Gasteiger partial charge is 0.164 e. The molecule has 98 valence electrons. The molecule has 0 fully saturated rings. The van der Waals surface area contributed by atoms with Crippen molar-refractivity contribution in [2.75, 3.05) is 0 Å². The number of rotatable bonds is 5. The van der Waals surface area contributed by atoms with E-state index in [1.807, 2.05) is 12.2 Å². The van der Waals surface area contributed by atoms with E-state index in [0.717, 1.165) is 0 Å². The van der Waals surface area contributed by atoms with Crippen LogP contribution in [0.25, 0.3) is 0 Å². The van der Waals surface area contributed by atoms with Gasteiger partial charge in [0.1, 0.15) is 0 Å². The number of aliphatic hydroxyl groups excluding tert-OH is 1. The van der Waals surface area contributed by atoms with E-state index in [2.05, 4.69) is 9.97 Å². The van der Waals surface area contributed by atoms with Crippen LogP contribution in [0, 0.1) is 0 Å². The first-order valence-corrected chi connectivity index (χ1v) is 6.46. The number of allylic oxidation sites excluding steroid dienone is 4. The lowest BCUT2D eigenvalue weighted by atomic mass is 9.97. The Morgan fingerprint density at radius 2 is 2.05 bits per heavy atom. The van der Waals surface area contributed by atoms with E-state index in [9.17, 15) is 4.79 Å². The Morgan fingerprint density at radius 1 is 1.32 bits per heavy atom. The van der Waals surface area contributed by atoms with E-state index in [1.54, 1.807) is 12.3 Å². The highest BCUT2D eigenvalue weighted by molar-refractivity contribution is 7.81.